The number of piperidine rings is 1. The van der Waals surface area contributed by atoms with E-state index in [0.29, 0.717) is 5.92 Å². The van der Waals surface area contributed by atoms with Gasteiger partial charge >= 0.3 is 0 Å². The van der Waals surface area contributed by atoms with Crippen LogP contribution in [0.5, 0.6) is 0 Å². The zero-order valence-electron chi connectivity index (χ0n) is 16.7. The number of nitrogens with one attached hydrogen (secondary N) is 2. The number of hydrogen-bond donors (Lipinski definition) is 2. The summed E-state index contributed by atoms with van der Waals surface area (Å²) in [6.07, 6.45) is 9.78. The molecule has 1 saturated heterocycles. The minimum absolute atomic E-state index is 0.234. The molecule has 2 aromatic rings. The molecule has 5 nitrogen and oxygen atoms in total. The highest BCUT2D eigenvalue weighted by Gasteiger charge is 2.21. The van der Waals surface area contributed by atoms with Crippen molar-refractivity contribution >= 4 is 5.82 Å². The Morgan fingerprint density at radius 2 is 2.00 bits per heavy atom. The Hall–Kier alpha value is -2.66. The van der Waals surface area contributed by atoms with Crippen molar-refractivity contribution in [2.75, 3.05) is 32.5 Å². The minimum Gasteiger partial charge on any atom is -0.381 e. The lowest BCUT2D eigenvalue weighted by molar-refractivity contribution is 0.447. The van der Waals surface area contributed by atoms with Crippen LogP contribution in [-0.4, -0.2) is 48.1 Å². The molecular weight excluding hydrogens is 346 g/mol. The predicted molar refractivity (Wildman–Crippen MR) is 115 cm³/mol. The summed E-state index contributed by atoms with van der Waals surface area (Å²) in [6, 6.07) is 12.7. The van der Waals surface area contributed by atoms with Crippen LogP contribution >= 0.6 is 0 Å². The standard InChI is InChI=1S/C23H29N5/c1-28(2)20-12-6-11-19(14-20)25-22-15-21(17-8-4-3-5-9-17)26-23(27-22)18-10-7-13-24-16-18/h3-6,8-9,11-12,15,18-19,24H,7,10,13-14,16H2,1-2H3,(H,25,26,27). The van der Waals surface area contributed by atoms with Crippen LogP contribution in [0.2, 0.25) is 0 Å². The van der Waals surface area contributed by atoms with E-state index in [0.717, 1.165) is 48.8 Å². The molecule has 5 heteroatoms. The third-order valence-corrected chi connectivity index (χ3v) is 5.44. The Labute approximate surface area is 167 Å². The van der Waals surface area contributed by atoms with Gasteiger partial charge in [0.1, 0.15) is 11.6 Å². The molecule has 1 aliphatic carbocycles. The molecule has 1 fully saturated rings. The van der Waals surface area contributed by atoms with Crippen LogP contribution in [-0.2, 0) is 0 Å². The second kappa shape index (κ2) is 8.57. The number of hydrogen-bond acceptors (Lipinski definition) is 5. The van der Waals surface area contributed by atoms with Crippen molar-refractivity contribution in [3.05, 3.63) is 66.1 Å². The molecule has 2 aliphatic rings. The average molecular weight is 376 g/mol. The third-order valence-electron chi connectivity index (χ3n) is 5.44. The Bertz CT molecular complexity index is 851. The molecule has 1 aromatic carbocycles. The second-order valence-corrected chi connectivity index (χ2v) is 7.80. The molecule has 2 heterocycles. The molecule has 146 valence electrons. The fourth-order valence-electron chi connectivity index (χ4n) is 3.83. The van der Waals surface area contributed by atoms with Crippen molar-refractivity contribution in [1.82, 2.24) is 20.2 Å². The van der Waals surface area contributed by atoms with E-state index in [1.54, 1.807) is 0 Å². The van der Waals surface area contributed by atoms with Crippen LogP contribution in [0.25, 0.3) is 11.3 Å². The van der Waals surface area contributed by atoms with Crippen molar-refractivity contribution in [3.8, 4) is 11.3 Å². The van der Waals surface area contributed by atoms with Gasteiger partial charge in [0.15, 0.2) is 0 Å². The molecular formula is C23H29N5. The summed E-state index contributed by atoms with van der Waals surface area (Å²) >= 11 is 0. The molecule has 28 heavy (non-hydrogen) atoms. The lowest BCUT2D eigenvalue weighted by Crippen LogP contribution is -2.30. The van der Waals surface area contributed by atoms with Gasteiger partial charge in [0, 0.05) is 50.3 Å². The number of benzene rings is 1. The summed E-state index contributed by atoms with van der Waals surface area (Å²) in [5.74, 6) is 2.22. The maximum absolute atomic E-state index is 4.93. The summed E-state index contributed by atoms with van der Waals surface area (Å²) in [6.45, 7) is 2.04. The lowest BCUT2D eigenvalue weighted by Gasteiger charge is -2.26. The van der Waals surface area contributed by atoms with Crippen LogP contribution in [0, 0.1) is 0 Å². The van der Waals surface area contributed by atoms with Gasteiger partial charge in [0.25, 0.3) is 0 Å². The molecule has 4 rings (SSSR count). The van der Waals surface area contributed by atoms with Gasteiger partial charge in [-0.3, -0.25) is 0 Å². The van der Waals surface area contributed by atoms with Crippen molar-refractivity contribution < 1.29 is 0 Å². The van der Waals surface area contributed by atoms with E-state index in [4.69, 9.17) is 9.97 Å². The van der Waals surface area contributed by atoms with Gasteiger partial charge in [0.2, 0.25) is 0 Å². The first kappa shape index (κ1) is 18.7. The first-order chi connectivity index (χ1) is 13.7. The molecule has 0 bridgehead atoms. The van der Waals surface area contributed by atoms with Crippen LogP contribution in [0.3, 0.4) is 0 Å². The molecule has 2 N–H and O–H groups in total. The summed E-state index contributed by atoms with van der Waals surface area (Å²) in [4.78, 5) is 12.0. The Morgan fingerprint density at radius 3 is 2.75 bits per heavy atom. The molecule has 0 amide bonds. The van der Waals surface area contributed by atoms with E-state index in [2.05, 4.69) is 78.2 Å². The van der Waals surface area contributed by atoms with Crippen molar-refractivity contribution in [3.63, 3.8) is 0 Å². The van der Waals surface area contributed by atoms with Gasteiger partial charge in [-0.15, -0.1) is 0 Å². The van der Waals surface area contributed by atoms with Crippen LogP contribution in [0.15, 0.2) is 60.3 Å². The molecule has 0 spiro atoms. The maximum atomic E-state index is 4.93. The predicted octanol–water partition coefficient (Wildman–Crippen LogP) is 3.80. The zero-order chi connectivity index (χ0) is 19.3. The quantitative estimate of drug-likeness (QED) is 0.833. The number of anilines is 1. The van der Waals surface area contributed by atoms with Gasteiger partial charge in [-0.1, -0.05) is 42.5 Å². The lowest BCUT2D eigenvalue weighted by atomic mass is 9.98. The van der Waals surface area contributed by atoms with Gasteiger partial charge in [0.05, 0.1) is 11.7 Å². The van der Waals surface area contributed by atoms with Crippen molar-refractivity contribution in [1.29, 1.82) is 0 Å². The van der Waals surface area contributed by atoms with Crippen molar-refractivity contribution in [2.24, 2.45) is 0 Å². The monoisotopic (exact) mass is 375 g/mol. The van der Waals surface area contributed by atoms with E-state index < -0.39 is 0 Å². The Balaban J connectivity index is 1.62. The highest BCUT2D eigenvalue weighted by atomic mass is 15.1. The zero-order valence-corrected chi connectivity index (χ0v) is 16.7. The number of nitrogens with zero attached hydrogens (tertiary/aromatic N) is 3. The minimum atomic E-state index is 0.234. The van der Waals surface area contributed by atoms with Gasteiger partial charge < -0.3 is 15.5 Å². The van der Waals surface area contributed by atoms with E-state index in [1.165, 1.54) is 12.1 Å². The molecule has 2 atom stereocenters. The summed E-state index contributed by atoms with van der Waals surface area (Å²) in [5.41, 5.74) is 3.43. The molecule has 1 aromatic heterocycles. The SMILES string of the molecule is CN(C)C1=CC=CC(Nc2cc(-c3ccccc3)nc(C3CCCNC3)n2)C1. The fraction of sp³-hybridized carbons (Fsp3) is 0.391. The molecule has 2 unspecified atom stereocenters. The summed E-state index contributed by atoms with van der Waals surface area (Å²) in [7, 11) is 4.18. The fourth-order valence-corrected chi connectivity index (χ4v) is 3.83. The highest BCUT2D eigenvalue weighted by molar-refractivity contribution is 5.62. The van der Waals surface area contributed by atoms with E-state index >= 15 is 0 Å². The normalized spacial score (nSPS) is 21.9. The smallest absolute Gasteiger partial charge is 0.135 e. The van der Waals surface area contributed by atoms with Crippen molar-refractivity contribution in [2.45, 2.75) is 31.2 Å². The Morgan fingerprint density at radius 1 is 1.14 bits per heavy atom. The van der Waals surface area contributed by atoms with E-state index in [9.17, 15) is 0 Å². The van der Waals surface area contributed by atoms with Gasteiger partial charge in [-0.05, 0) is 25.5 Å². The number of allylic oxidation sites excluding steroid dienone is 2. The third kappa shape index (κ3) is 4.42. The van der Waals surface area contributed by atoms with Gasteiger partial charge in [-0.2, -0.15) is 0 Å². The summed E-state index contributed by atoms with van der Waals surface area (Å²) in [5, 5.41) is 7.12. The number of rotatable bonds is 5. The van der Waals surface area contributed by atoms with E-state index in [1.807, 2.05) is 6.07 Å². The van der Waals surface area contributed by atoms with Crippen LogP contribution < -0.4 is 10.6 Å². The highest BCUT2D eigenvalue weighted by Crippen LogP contribution is 2.27. The molecule has 0 radical (unpaired) electrons. The Kier molecular flexibility index (Phi) is 5.72. The van der Waals surface area contributed by atoms with Gasteiger partial charge in [-0.25, -0.2) is 9.97 Å². The van der Waals surface area contributed by atoms with Crippen LogP contribution in [0.4, 0.5) is 5.82 Å². The first-order valence-electron chi connectivity index (χ1n) is 10.2. The number of aromatic nitrogens is 2. The second-order valence-electron chi connectivity index (χ2n) is 7.80. The maximum Gasteiger partial charge on any atom is 0.135 e. The summed E-state index contributed by atoms with van der Waals surface area (Å²) < 4.78 is 0. The molecule has 0 saturated carbocycles. The first-order valence-corrected chi connectivity index (χ1v) is 10.2. The largest absolute Gasteiger partial charge is 0.381 e. The average Bonchev–Trinajstić information content (AvgIpc) is 2.75. The molecule has 1 aliphatic heterocycles. The van der Waals surface area contributed by atoms with Crippen LogP contribution in [0.1, 0.15) is 31.0 Å². The topological polar surface area (TPSA) is 53.1 Å². The van der Waals surface area contributed by atoms with E-state index in [-0.39, 0.29) is 6.04 Å².